The highest BCUT2D eigenvalue weighted by atomic mass is 32.2. The average Bonchev–Trinajstić information content (AvgIpc) is 3.20. The number of hydrogen-bond acceptors (Lipinski definition) is 7. The number of piperazine rings is 1. The van der Waals surface area contributed by atoms with E-state index in [0.29, 0.717) is 49.0 Å². The monoisotopic (exact) mass is 428 g/mol. The standard InChI is InChI=1S/C21H24N4O4S/c1-15-8-9-17(21-22-16(2)29-23-21)14-20(15)30(26,27)25-12-10-24(11-13-25)18-6-4-5-7-19(18)28-3/h4-9,14H,10-13H2,1-3H3. The van der Waals surface area contributed by atoms with Gasteiger partial charge in [-0.15, -0.1) is 0 Å². The van der Waals surface area contributed by atoms with Crippen molar-refractivity contribution in [3.05, 3.63) is 53.9 Å². The minimum absolute atomic E-state index is 0.271. The highest BCUT2D eigenvalue weighted by molar-refractivity contribution is 7.89. The Hall–Kier alpha value is -2.91. The van der Waals surface area contributed by atoms with Crippen molar-refractivity contribution in [1.29, 1.82) is 0 Å². The van der Waals surface area contributed by atoms with Crippen LogP contribution < -0.4 is 9.64 Å². The molecule has 2 aromatic carbocycles. The van der Waals surface area contributed by atoms with E-state index in [1.54, 1.807) is 39.2 Å². The van der Waals surface area contributed by atoms with E-state index < -0.39 is 10.0 Å². The third kappa shape index (κ3) is 3.78. The SMILES string of the molecule is COc1ccccc1N1CCN(S(=O)(=O)c2cc(-c3noc(C)n3)ccc2C)CC1. The minimum atomic E-state index is -3.65. The van der Waals surface area contributed by atoms with Crippen molar-refractivity contribution in [3.63, 3.8) is 0 Å². The van der Waals surface area contributed by atoms with Gasteiger partial charge in [0.05, 0.1) is 17.7 Å². The van der Waals surface area contributed by atoms with E-state index >= 15 is 0 Å². The number of aromatic nitrogens is 2. The third-order valence-corrected chi connectivity index (χ3v) is 7.30. The van der Waals surface area contributed by atoms with Gasteiger partial charge in [-0.05, 0) is 30.7 Å². The van der Waals surface area contributed by atoms with Crippen molar-refractivity contribution >= 4 is 15.7 Å². The Morgan fingerprint density at radius 3 is 2.43 bits per heavy atom. The summed E-state index contributed by atoms with van der Waals surface area (Å²) in [7, 11) is -2.01. The molecule has 1 aromatic heterocycles. The van der Waals surface area contributed by atoms with Crippen LogP contribution in [0.1, 0.15) is 11.5 Å². The maximum Gasteiger partial charge on any atom is 0.243 e. The highest BCUT2D eigenvalue weighted by Gasteiger charge is 2.30. The molecule has 8 nitrogen and oxygen atoms in total. The summed E-state index contributed by atoms with van der Waals surface area (Å²) in [5, 5.41) is 3.90. The first kappa shape index (κ1) is 20.4. The molecule has 0 atom stereocenters. The Morgan fingerprint density at radius 1 is 1.03 bits per heavy atom. The lowest BCUT2D eigenvalue weighted by molar-refractivity contribution is 0.378. The number of aryl methyl sites for hydroxylation is 2. The first-order valence-electron chi connectivity index (χ1n) is 9.69. The highest BCUT2D eigenvalue weighted by Crippen LogP contribution is 2.30. The molecule has 0 spiro atoms. The second kappa shape index (κ2) is 8.08. The summed E-state index contributed by atoms with van der Waals surface area (Å²) in [6.45, 7) is 5.45. The molecule has 158 valence electrons. The molecule has 1 fully saturated rings. The molecular formula is C21H24N4O4S. The van der Waals surface area contributed by atoms with Crippen molar-refractivity contribution < 1.29 is 17.7 Å². The van der Waals surface area contributed by atoms with E-state index in [1.807, 2.05) is 24.3 Å². The number of ether oxygens (including phenoxy) is 1. The van der Waals surface area contributed by atoms with Crippen LogP contribution in [-0.4, -0.2) is 56.2 Å². The fourth-order valence-electron chi connectivity index (χ4n) is 3.63. The van der Waals surface area contributed by atoms with Crippen LogP contribution in [0.5, 0.6) is 5.75 Å². The maximum atomic E-state index is 13.4. The van der Waals surface area contributed by atoms with Gasteiger partial charge in [0.15, 0.2) is 0 Å². The van der Waals surface area contributed by atoms with Crippen LogP contribution in [-0.2, 0) is 10.0 Å². The summed E-state index contributed by atoms with van der Waals surface area (Å²) in [6.07, 6.45) is 0. The van der Waals surface area contributed by atoms with E-state index in [-0.39, 0.29) is 4.90 Å². The van der Waals surface area contributed by atoms with Gasteiger partial charge in [0.2, 0.25) is 21.7 Å². The third-order valence-electron chi connectivity index (χ3n) is 5.26. The molecule has 1 aliphatic rings. The summed E-state index contributed by atoms with van der Waals surface area (Å²) in [4.78, 5) is 6.62. The molecule has 4 rings (SSSR count). The average molecular weight is 429 g/mol. The van der Waals surface area contributed by atoms with Crippen LogP contribution in [0.25, 0.3) is 11.4 Å². The maximum absolute atomic E-state index is 13.4. The van der Waals surface area contributed by atoms with Crippen LogP contribution in [0.15, 0.2) is 51.9 Å². The van der Waals surface area contributed by atoms with E-state index in [2.05, 4.69) is 15.0 Å². The molecular weight excluding hydrogens is 404 g/mol. The van der Waals surface area contributed by atoms with Gasteiger partial charge in [0.25, 0.3) is 0 Å². The minimum Gasteiger partial charge on any atom is -0.495 e. The summed E-state index contributed by atoms with van der Waals surface area (Å²) in [5.41, 5.74) is 2.28. The van der Waals surface area contributed by atoms with E-state index in [4.69, 9.17) is 9.26 Å². The number of benzene rings is 2. The second-order valence-electron chi connectivity index (χ2n) is 7.18. The van der Waals surface area contributed by atoms with Gasteiger partial charge < -0.3 is 14.2 Å². The van der Waals surface area contributed by atoms with Crippen molar-refractivity contribution in [3.8, 4) is 17.1 Å². The van der Waals surface area contributed by atoms with Gasteiger partial charge in [0.1, 0.15) is 5.75 Å². The summed E-state index contributed by atoms with van der Waals surface area (Å²) in [6, 6.07) is 13.0. The summed E-state index contributed by atoms with van der Waals surface area (Å²) >= 11 is 0. The number of rotatable bonds is 5. The van der Waals surface area contributed by atoms with Crippen LogP contribution in [0, 0.1) is 13.8 Å². The molecule has 0 radical (unpaired) electrons. The van der Waals surface area contributed by atoms with Crippen molar-refractivity contribution in [1.82, 2.24) is 14.4 Å². The van der Waals surface area contributed by atoms with Gasteiger partial charge in [-0.3, -0.25) is 0 Å². The normalized spacial score (nSPS) is 15.4. The van der Waals surface area contributed by atoms with Crippen LogP contribution in [0.4, 0.5) is 5.69 Å². The molecule has 0 unspecified atom stereocenters. The zero-order valence-corrected chi connectivity index (χ0v) is 18.0. The zero-order valence-electron chi connectivity index (χ0n) is 17.2. The smallest absolute Gasteiger partial charge is 0.243 e. The number of anilines is 1. The van der Waals surface area contributed by atoms with Crippen LogP contribution in [0.2, 0.25) is 0 Å². The molecule has 9 heteroatoms. The fraction of sp³-hybridized carbons (Fsp3) is 0.333. The fourth-order valence-corrected chi connectivity index (χ4v) is 5.31. The quantitative estimate of drug-likeness (QED) is 0.617. The van der Waals surface area contributed by atoms with Gasteiger partial charge in [-0.2, -0.15) is 9.29 Å². The lowest BCUT2D eigenvalue weighted by Crippen LogP contribution is -2.48. The molecule has 0 N–H and O–H groups in total. The van der Waals surface area contributed by atoms with E-state index in [0.717, 1.165) is 11.4 Å². The van der Waals surface area contributed by atoms with Crippen molar-refractivity contribution in [2.75, 3.05) is 38.2 Å². The Morgan fingerprint density at radius 2 is 1.77 bits per heavy atom. The topological polar surface area (TPSA) is 88.8 Å². The van der Waals surface area contributed by atoms with Crippen molar-refractivity contribution in [2.45, 2.75) is 18.7 Å². The lowest BCUT2D eigenvalue weighted by atomic mass is 10.1. The molecule has 0 amide bonds. The van der Waals surface area contributed by atoms with Gasteiger partial charge in [-0.25, -0.2) is 8.42 Å². The number of methoxy groups -OCH3 is 1. The van der Waals surface area contributed by atoms with Crippen molar-refractivity contribution in [2.24, 2.45) is 0 Å². The number of sulfonamides is 1. The largest absolute Gasteiger partial charge is 0.495 e. The first-order valence-corrected chi connectivity index (χ1v) is 11.1. The molecule has 3 aromatic rings. The Balaban J connectivity index is 1.56. The van der Waals surface area contributed by atoms with Crippen LogP contribution in [0.3, 0.4) is 0 Å². The summed E-state index contributed by atoms with van der Waals surface area (Å²) < 4.78 is 38.8. The van der Waals surface area contributed by atoms with E-state index in [1.165, 1.54) is 4.31 Å². The number of hydrogen-bond donors (Lipinski definition) is 0. The van der Waals surface area contributed by atoms with Crippen LogP contribution >= 0.6 is 0 Å². The predicted octanol–water partition coefficient (Wildman–Crippen LogP) is 2.87. The number of nitrogens with zero attached hydrogens (tertiary/aromatic N) is 4. The zero-order chi connectivity index (χ0) is 21.3. The second-order valence-corrected chi connectivity index (χ2v) is 9.09. The Bertz CT molecular complexity index is 1150. The number of para-hydroxylation sites is 2. The Kier molecular flexibility index (Phi) is 5.48. The first-order chi connectivity index (χ1) is 14.4. The molecule has 0 bridgehead atoms. The van der Waals surface area contributed by atoms with Gasteiger partial charge >= 0.3 is 0 Å². The molecule has 30 heavy (non-hydrogen) atoms. The summed E-state index contributed by atoms with van der Waals surface area (Å²) in [5.74, 6) is 1.60. The predicted molar refractivity (Wildman–Crippen MR) is 113 cm³/mol. The molecule has 1 saturated heterocycles. The van der Waals surface area contributed by atoms with Gasteiger partial charge in [-0.1, -0.05) is 29.4 Å². The molecule has 0 saturated carbocycles. The molecule has 0 aliphatic carbocycles. The molecule has 2 heterocycles. The Labute approximate surface area is 176 Å². The van der Waals surface area contributed by atoms with E-state index in [9.17, 15) is 8.42 Å². The molecule has 1 aliphatic heterocycles. The lowest BCUT2D eigenvalue weighted by Gasteiger charge is -2.36. The van der Waals surface area contributed by atoms with Gasteiger partial charge in [0, 0.05) is 38.7 Å².